The molecule has 0 bridgehead atoms. The molecule has 0 atom stereocenters. The lowest BCUT2D eigenvalue weighted by molar-refractivity contribution is 0.222. The van der Waals surface area contributed by atoms with Crippen molar-refractivity contribution in [1.29, 1.82) is 0 Å². The molecule has 0 fully saturated rings. The second-order valence-corrected chi connectivity index (χ2v) is 5.18. The molecule has 5 nitrogen and oxygen atoms in total. The van der Waals surface area contributed by atoms with Gasteiger partial charge in [-0.2, -0.15) is 15.0 Å². The minimum Gasteiger partial charge on any atom is -0.461 e. The van der Waals surface area contributed by atoms with Crippen molar-refractivity contribution in [2.24, 2.45) is 0 Å². The lowest BCUT2D eigenvalue weighted by Crippen LogP contribution is -2.11. The number of halogens is 1. The monoisotopic (exact) mass is 284 g/mol. The van der Waals surface area contributed by atoms with Crippen molar-refractivity contribution in [1.82, 2.24) is 15.0 Å². The number of nitrogens with one attached hydrogen (secondary N) is 1. The molecule has 0 amide bonds. The van der Waals surface area contributed by atoms with Crippen LogP contribution in [0.1, 0.15) is 18.7 Å². The van der Waals surface area contributed by atoms with Crippen molar-refractivity contribution in [3.05, 3.63) is 27.7 Å². The smallest absolute Gasteiger partial charge is 0.322 e. The highest BCUT2D eigenvalue weighted by atomic mass is 35.5. The molecule has 0 saturated heterocycles. The van der Waals surface area contributed by atoms with Crippen LogP contribution in [0.15, 0.2) is 17.5 Å². The van der Waals surface area contributed by atoms with Crippen LogP contribution in [-0.2, 0) is 6.54 Å². The van der Waals surface area contributed by atoms with Gasteiger partial charge in [-0.1, -0.05) is 6.07 Å². The lowest BCUT2D eigenvalue weighted by Gasteiger charge is -2.09. The molecule has 96 valence electrons. The Labute approximate surface area is 114 Å². The summed E-state index contributed by atoms with van der Waals surface area (Å²) < 4.78 is 5.39. The van der Waals surface area contributed by atoms with Gasteiger partial charge in [0, 0.05) is 4.88 Å². The maximum absolute atomic E-state index is 5.81. The molecular weight excluding hydrogens is 272 g/mol. The fourth-order valence-corrected chi connectivity index (χ4v) is 2.05. The summed E-state index contributed by atoms with van der Waals surface area (Å²) in [4.78, 5) is 13.2. The number of rotatable bonds is 5. The standard InChI is InChI=1S/C11H13ClN4OS/c1-7(2)17-11-15-9(12)14-10(16-11)13-6-8-4-3-5-18-8/h3-5,7H,6H2,1-2H3,(H,13,14,15,16). The summed E-state index contributed by atoms with van der Waals surface area (Å²) in [5.74, 6) is 0.416. The predicted molar refractivity (Wildman–Crippen MR) is 72.2 cm³/mol. The summed E-state index contributed by atoms with van der Waals surface area (Å²) >= 11 is 7.48. The van der Waals surface area contributed by atoms with Gasteiger partial charge in [0.25, 0.3) is 0 Å². The molecule has 18 heavy (non-hydrogen) atoms. The fourth-order valence-electron chi connectivity index (χ4n) is 1.25. The Balaban J connectivity index is 2.05. The number of thiophene rings is 1. The quantitative estimate of drug-likeness (QED) is 0.914. The molecule has 0 spiro atoms. The molecule has 0 unspecified atom stereocenters. The SMILES string of the molecule is CC(C)Oc1nc(Cl)nc(NCc2cccs2)n1. The van der Waals surface area contributed by atoms with Gasteiger partial charge in [0.05, 0.1) is 12.6 Å². The van der Waals surface area contributed by atoms with Gasteiger partial charge in [-0.05, 0) is 36.9 Å². The summed E-state index contributed by atoms with van der Waals surface area (Å²) in [6, 6.07) is 4.26. The highest BCUT2D eigenvalue weighted by molar-refractivity contribution is 7.09. The first-order chi connectivity index (χ1) is 8.63. The van der Waals surface area contributed by atoms with Crippen molar-refractivity contribution >= 4 is 28.9 Å². The summed E-state index contributed by atoms with van der Waals surface area (Å²) in [7, 11) is 0. The fraction of sp³-hybridized carbons (Fsp3) is 0.364. The molecule has 2 aromatic heterocycles. The van der Waals surface area contributed by atoms with E-state index in [0.717, 1.165) is 0 Å². The third-order valence-electron chi connectivity index (χ3n) is 1.93. The zero-order chi connectivity index (χ0) is 13.0. The number of nitrogens with zero attached hydrogens (tertiary/aromatic N) is 3. The molecule has 0 aliphatic rings. The Bertz CT molecular complexity index is 504. The molecule has 0 aromatic carbocycles. The molecule has 0 radical (unpaired) electrons. The van der Waals surface area contributed by atoms with Crippen molar-refractivity contribution in [3.63, 3.8) is 0 Å². The average Bonchev–Trinajstić information content (AvgIpc) is 2.77. The Kier molecular flexibility index (Phi) is 4.33. The largest absolute Gasteiger partial charge is 0.461 e. The van der Waals surface area contributed by atoms with Crippen LogP contribution in [0, 0.1) is 0 Å². The van der Waals surface area contributed by atoms with Gasteiger partial charge in [-0.25, -0.2) is 0 Å². The van der Waals surface area contributed by atoms with Gasteiger partial charge in [-0.3, -0.25) is 0 Å². The Morgan fingerprint density at radius 3 is 2.89 bits per heavy atom. The average molecular weight is 285 g/mol. The summed E-state index contributed by atoms with van der Waals surface area (Å²) in [5.41, 5.74) is 0. The van der Waals surface area contributed by atoms with Crippen molar-refractivity contribution in [2.75, 3.05) is 5.32 Å². The van der Waals surface area contributed by atoms with E-state index < -0.39 is 0 Å². The minimum absolute atomic E-state index is 0.00591. The minimum atomic E-state index is -0.00591. The normalized spacial score (nSPS) is 10.7. The van der Waals surface area contributed by atoms with Gasteiger partial charge in [-0.15, -0.1) is 11.3 Å². The summed E-state index contributed by atoms with van der Waals surface area (Å²) in [6.07, 6.45) is -0.00591. The Morgan fingerprint density at radius 1 is 1.39 bits per heavy atom. The summed E-state index contributed by atoms with van der Waals surface area (Å²) in [5, 5.41) is 5.22. The van der Waals surface area contributed by atoms with E-state index in [1.54, 1.807) is 11.3 Å². The van der Waals surface area contributed by atoms with E-state index >= 15 is 0 Å². The molecule has 2 rings (SSSR count). The van der Waals surface area contributed by atoms with E-state index in [2.05, 4.69) is 20.3 Å². The topological polar surface area (TPSA) is 59.9 Å². The number of hydrogen-bond acceptors (Lipinski definition) is 6. The highest BCUT2D eigenvalue weighted by Crippen LogP contribution is 2.14. The van der Waals surface area contributed by atoms with Crippen LogP contribution in [0.4, 0.5) is 5.95 Å². The van der Waals surface area contributed by atoms with Crippen molar-refractivity contribution in [3.8, 4) is 6.01 Å². The number of hydrogen-bond donors (Lipinski definition) is 1. The predicted octanol–water partition coefficient (Wildman–Crippen LogP) is 2.99. The van der Waals surface area contributed by atoms with E-state index in [4.69, 9.17) is 16.3 Å². The van der Waals surface area contributed by atoms with Gasteiger partial charge < -0.3 is 10.1 Å². The molecule has 0 aliphatic carbocycles. The number of ether oxygens (including phenoxy) is 1. The van der Waals surface area contributed by atoms with Crippen LogP contribution in [0.25, 0.3) is 0 Å². The molecule has 2 heterocycles. The van der Waals surface area contributed by atoms with Crippen LogP contribution < -0.4 is 10.1 Å². The maximum atomic E-state index is 5.81. The second-order valence-electron chi connectivity index (χ2n) is 3.81. The molecule has 0 aliphatic heterocycles. The lowest BCUT2D eigenvalue weighted by atomic mass is 10.5. The van der Waals surface area contributed by atoms with Crippen LogP contribution in [0.2, 0.25) is 5.28 Å². The van der Waals surface area contributed by atoms with E-state index in [-0.39, 0.29) is 17.4 Å². The first-order valence-corrected chi connectivity index (χ1v) is 6.74. The zero-order valence-electron chi connectivity index (χ0n) is 10.1. The zero-order valence-corrected chi connectivity index (χ0v) is 11.6. The summed E-state index contributed by atoms with van der Waals surface area (Å²) in [6.45, 7) is 4.45. The third kappa shape index (κ3) is 3.82. The van der Waals surface area contributed by atoms with E-state index in [1.165, 1.54) is 4.88 Å². The Morgan fingerprint density at radius 2 is 2.22 bits per heavy atom. The van der Waals surface area contributed by atoms with Gasteiger partial charge in [0.1, 0.15) is 0 Å². The first kappa shape index (κ1) is 13.0. The Hall–Kier alpha value is -1.40. The van der Waals surface area contributed by atoms with E-state index in [9.17, 15) is 0 Å². The van der Waals surface area contributed by atoms with Gasteiger partial charge in [0.15, 0.2) is 0 Å². The van der Waals surface area contributed by atoms with Gasteiger partial charge >= 0.3 is 6.01 Å². The van der Waals surface area contributed by atoms with Crippen LogP contribution in [0.3, 0.4) is 0 Å². The third-order valence-corrected chi connectivity index (χ3v) is 2.97. The van der Waals surface area contributed by atoms with Crippen LogP contribution >= 0.6 is 22.9 Å². The maximum Gasteiger partial charge on any atom is 0.322 e. The van der Waals surface area contributed by atoms with Crippen LogP contribution in [-0.4, -0.2) is 21.1 Å². The molecular formula is C11H13ClN4OS. The van der Waals surface area contributed by atoms with E-state index in [0.29, 0.717) is 12.5 Å². The molecule has 7 heteroatoms. The molecule has 0 saturated carbocycles. The first-order valence-electron chi connectivity index (χ1n) is 5.48. The van der Waals surface area contributed by atoms with Crippen molar-refractivity contribution in [2.45, 2.75) is 26.5 Å². The molecule has 1 N–H and O–H groups in total. The van der Waals surface area contributed by atoms with Crippen molar-refractivity contribution < 1.29 is 4.74 Å². The van der Waals surface area contributed by atoms with Crippen LogP contribution in [0.5, 0.6) is 6.01 Å². The second kappa shape index (κ2) is 5.97. The number of aromatic nitrogens is 3. The van der Waals surface area contributed by atoms with E-state index in [1.807, 2.05) is 31.4 Å². The van der Waals surface area contributed by atoms with Gasteiger partial charge in [0.2, 0.25) is 11.2 Å². The molecule has 2 aromatic rings. The number of anilines is 1. The highest BCUT2D eigenvalue weighted by Gasteiger charge is 2.07.